The Morgan fingerprint density at radius 3 is 2.00 bits per heavy atom. The van der Waals surface area contributed by atoms with Gasteiger partial charge in [-0.1, -0.05) is 12.1 Å². The lowest BCUT2D eigenvalue weighted by atomic mass is 9.83. The molecule has 0 amide bonds. The van der Waals surface area contributed by atoms with Gasteiger partial charge in [0.1, 0.15) is 43.0 Å². The van der Waals surface area contributed by atoms with Gasteiger partial charge in [0.2, 0.25) is 0 Å². The third kappa shape index (κ3) is 5.31. The number of phenolic OH excluding ortho intramolecular Hbond substituents is 2. The van der Waals surface area contributed by atoms with Gasteiger partial charge in [-0.2, -0.15) is 0 Å². The molecule has 0 radical (unpaired) electrons. The number of aromatic hydroxyl groups is 2. The summed E-state index contributed by atoms with van der Waals surface area (Å²) in [6.07, 6.45) is 1.33. The van der Waals surface area contributed by atoms with Crippen LogP contribution in [-0.4, -0.2) is 42.0 Å². The Morgan fingerprint density at radius 1 is 0.875 bits per heavy atom. The summed E-state index contributed by atoms with van der Waals surface area (Å²) >= 11 is 0. The molecule has 3 aromatic carbocycles. The Balaban J connectivity index is 2.08. The van der Waals surface area contributed by atoms with Crippen LogP contribution in [0.5, 0.6) is 17.2 Å². The molecule has 0 aliphatic heterocycles. The zero-order valence-electron chi connectivity index (χ0n) is 17.4. The zero-order chi connectivity index (χ0) is 23.1. The fourth-order valence-electron chi connectivity index (χ4n) is 3.41. The van der Waals surface area contributed by atoms with E-state index in [1.165, 1.54) is 43.3 Å². The molecule has 0 saturated heterocycles. The summed E-state index contributed by atoms with van der Waals surface area (Å²) in [5.41, 5.74) is 2.10. The number of hydrogen-bond donors (Lipinski definition) is 2. The number of benzene rings is 3. The van der Waals surface area contributed by atoms with Crippen LogP contribution in [-0.2, 0) is 9.53 Å². The van der Waals surface area contributed by atoms with Crippen LogP contribution in [0.15, 0.2) is 60.7 Å². The van der Waals surface area contributed by atoms with E-state index in [9.17, 15) is 24.6 Å². The molecule has 0 atom stereocenters. The highest BCUT2D eigenvalue weighted by Crippen LogP contribution is 2.41. The van der Waals surface area contributed by atoms with E-state index in [0.29, 0.717) is 46.1 Å². The molecule has 0 spiro atoms. The number of carbonyl (C=O) groups is 3. The van der Waals surface area contributed by atoms with Gasteiger partial charge in [-0.15, -0.1) is 0 Å². The van der Waals surface area contributed by atoms with Gasteiger partial charge >= 0.3 is 5.97 Å². The largest absolute Gasteiger partial charge is 0.508 e. The van der Waals surface area contributed by atoms with Crippen LogP contribution in [0.4, 0.5) is 0 Å². The number of phenols is 2. The number of ether oxygens (including phenoxy) is 2. The molecule has 0 fully saturated rings. The van der Waals surface area contributed by atoms with Gasteiger partial charge in [0.25, 0.3) is 0 Å². The van der Waals surface area contributed by atoms with E-state index in [1.54, 1.807) is 24.3 Å². The number of esters is 1. The van der Waals surface area contributed by atoms with Crippen LogP contribution in [0.3, 0.4) is 0 Å². The molecule has 0 saturated carbocycles. The minimum absolute atomic E-state index is 0.0716. The Morgan fingerprint density at radius 2 is 1.47 bits per heavy atom. The van der Waals surface area contributed by atoms with Crippen molar-refractivity contribution in [1.29, 1.82) is 0 Å². The summed E-state index contributed by atoms with van der Waals surface area (Å²) in [6, 6.07) is 15.8. The molecule has 0 bridgehead atoms. The monoisotopic (exact) mass is 434 g/mol. The van der Waals surface area contributed by atoms with Crippen LogP contribution >= 0.6 is 0 Å². The van der Waals surface area contributed by atoms with Gasteiger partial charge in [0.05, 0.1) is 0 Å². The first-order chi connectivity index (χ1) is 15.4. The van der Waals surface area contributed by atoms with Crippen molar-refractivity contribution in [3.05, 3.63) is 88.5 Å². The van der Waals surface area contributed by atoms with Crippen molar-refractivity contribution >= 4 is 18.5 Å². The Bertz CT molecular complexity index is 1080. The lowest BCUT2D eigenvalue weighted by Gasteiger charge is -2.22. The van der Waals surface area contributed by atoms with Gasteiger partial charge in [-0.25, -0.2) is 0 Å². The standard InChI is InChI=1S/C25H22O7/c1-16(28)31-9-10-32-20-4-2-3-19(13-20)25(21-11-17(14-26)5-7-23(21)29)22-12-18(15-27)6-8-24(22)30/h2-8,11-15,25,29-30H,9-10H2,1H3. The fourth-order valence-corrected chi connectivity index (χ4v) is 3.41. The smallest absolute Gasteiger partial charge is 0.302 e. The molecule has 32 heavy (non-hydrogen) atoms. The summed E-state index contributed by atoms with van der Waals surface area (Å²) in [7, 11) is 0. The van der Waals surface area contributed by atoms with Gasteiger partial charge in [0.15, 0.2) is 0 Å². The second-order valence-corrected chi connectivity index (χ2v) is 7.07. The van der Waals surface area contributed by atoms with E-state index in [0.717, 1.165) is 0 Å². The Kier molecular flexibility index (Phi) is 7.23. The van der Waals surface area contributed by atoms with E-state index in [4.69, 9.17) is 9.47 Å². The van der Waals surface area contributed by atoms with Gasteiger partial charge in [-0.05, 0) is 54.1 Å². The lowest BCUT2D eigenvalue weighted by molar-refractivity contribution is -0.141. The highest BCUT2D eigenvalue weighted by Gasteiger charge is 2.24. The molecule has 7 nitrogen and oxygen atoms in total. The quantitative estimate of drug-likeness (QED) is 0.228. The number of carbonyl (C=O) groups excluding carboxylic acids is 3. The average Bonchev–Trinajstić information content (AvgIpc) is 2.79. The Hall–Kier alpha value is -4.13. The third-order valence-electron chi connectivity index (χ3n) is 4.85. The van der Waals surface area contributed by atoms with Crippen LogP contribution in [0.25, 0.3) is 0 Å². The topological polar surface area (TPSA) is 110 Å². The molecule has 2 N–H and O–H groups in total. The second kappa shape index (κ2) is 10.3. The first kappa shape index (κ1) is 22.6. The molecule has 0 heterocycles. The van der Waals surface area contributed by atoms with E-state index in [2.05, 4.69) is 0 Å². The average molecular weight is 434 g/mol. The van der Waals surface area contributed by atoms with E-state index >= 15 is 0 Å². The second-order valence-electron chi connectivity index (χ2n) is 7.07. The van der Waals surface area contributed by atoms with Crippen molar-refractivity contribution in [2.75, 3.05) is 13.2 Å². The maximum Gasteiger partial charge on any atom is 0.302 e. The van der Waals surface area contributed by atoms with Crippen LogP contribution in [0.1, 0.15) is 50.2 Å². The molecule has 3 rings (SSSR count). The van der Waals surface area contributed by atoms with Crippen LogP contribution < -0.4 is 4.74 Å². The number of aldehydes is 2. The summed E-state index contributed by atoms with van der Waals surface area (Å²) < 4.78 is 10.5. The SMILES string of the molecule is CC(=O)OCCOc1cccc(C(c2cc(C=O)ccc2O)c2cc(C=O)ccc2O)c1. The summed E-state index contributed by atoms with van der Waals surface area (Å²) in [6.45, 7) is 1.55. The highest BCUT2D eigenvalue weighted by atomic mass is 16.6. The normalized spacial score (nSPS) is 10.6. The van der Waals surface area contributed by atoms with E-state index < -0.39 is 11.9 Å². The maximum atomic E-state index is 11.3. The molecular weight excluding hydrogens is 412 g/mol. The molecule has 0 aliphatic rings. The van der Waals surface area contributed by atoms with Crippen LogP contribution in [0.2, 0.25) is 0 Å². The van der Waals surface area contributed by atoms with Crippen molar-refractivity contribution in [2.45, 2.75) is 12.8 Å². The fraction of sp³-hybridized carbons (Fsp3) is 0.160. The van der Waals surface area contributed by atoms with Crippen molar-refractivity contribution in [3.63, 3.8) is 0 Å². The molecule has 164 valence electrons. The van der Waals surface area contributed by atoms with Crippen molar-refractivity contribution in [1.82, 2.24) is 0 Å². The Labute approximate surface area is 184 Å². The first-order valence-corrected chi connectivity index (χ1v) is 9.85. The van der Waals surface area contributed by atoms with Crippen LogP contribution in [0, 0.1) is 0 Å². The molecule has 0 aliphatic carbocycles. The van der Waals surface area contributed by atoms with Crippen molar-refractivity contribution < 1.29 is 34.1 Å². The summed E-state index contributed by atoms with van der Waals surface area (Å²) in [5.74, 6) is -0.766. The molecule has 3 aromatic rings. The predicted molar refractivity (Wildman–Crippen MR) is 117 cm³/mol. The molecular formula is C25H22O7. The number of hydrogen-bond acceptors (Lipinski definition) is 7. The maximum absolute atomic E-state index is 11.3. The van der Waals surface area contributed by atoms with Gasteiger partial charge in [-0.3, -0.25) is 14.4 Å². The zero-order valence-corrected chi connectivity index (χ0v) is 17.4. The predicted octanol–water partition coefficient (Wildman–Crippen LogP) is 3.84. The highest BCUT2D eigenvalue weighted by molar-refractivity contribution is 5.78. The molecule has 0 aromatic heterocycles. The van der Waals surface area contributed by atoms with E-state index in [-0.39, 0.29) is 24.7 Å². The molecule has 0 unspecified atom stereocenters. The molecule has 7 heteroatoms. The van der Waals surface area contributed by atoms with E-state index in [1.807, 2.05) is 0 Å². The minimum Gasteiger partial charge on any atom is -0.508 e. The summed E-state index contributed by atoms with van der Waals surface area (Å²) in [4.78, 5) is 33.6. The third-order valence-corrected chi connectivity index (χ3v) is 4.85. The van der Waals surface area contributed by atoms with Gasteiger partial charge in [0, 0.05) is 35.1 Å². The number of rotatable bonds is 9. The van der Waals surface area contributed by atoms with Gasteiger partial charge < -0.3 is 19.7 Å². The minimum atomic E-state index is -0.702. The lowest BCUT2D eigenvalue weighted by Crippen LogP contribution is -2.10. The van der Waals surface area contributed by atoms with Crippen molar-refractivity contribution in [2.24, 2.45) is 0 Å². The summed E-state index contributed by atoms with van der Waals surface area (Å²) in [5, 5.41) is 21.2. The van der Waals surface area contributed by atoms with Crippen molar-refractivity contribution in [3.8, 4) is 17.2 Å². The first-order valence-electron chi connectivity index (χ1n) is 9.85.